The third kappa shape index (κ3) is 12.8. The summed E-state index contributed by atoms with van der Waals surface area (Å²) in [5.74, 6) is -6.04. The molecule has 0 aliphatic heterocycles. The molecule has 1 atom stereocenters. The lowest BCUT2D eigenvalue weighted by atomic mass is 9.88. The number of nitrogens with zero attached hydrogens (tertiary/aromatic N) is 2. The van der Waals surface area contributed by atoms with Gasteiger partial charge in [-0.2, -0.15) is 52.7 Å². The Balaban J connectivity index is 0.000000390. The minimum atomic E-state index is -5.16. The Morgan fingerprint density at radius 2 is 1.28 bits per heavy atom. The molecule has 0 spiro atoms. The summed E-state index contributed by atoms with van der Waals surface area (Å²) in [6.45, 7) is 0.161. The molecule has 0 aliphatic carbocycles. The van der Waals surface area contributed by atoms with Crippen LogP contribution in [0, 0.1) is 23.5 Å². The molecule has 1 heterocycles. The number of benzene rings is 2. The van der Waals surface area contributed by atoms with E-state index in [9.17, 15) is 81.0 Å². The molecule has 0 bridgehead atoms. The van der Waals surface area contributed by atoms with Gasteiger partial charge in [-0.05, 0) is 48.6 Å². The SMILES string of the molecule is CC(=O)c1c(F)cc(N(CC(F)(F)F)CC(F)(F)F)cc1F.CC(C)C(Cc1cccc(Cc2c(C(F)(F)F)cc(C(F)(F)F)n(C)c2=O)c1)C(=O)O. The van der Waals surface area contributed by atoms with Crippen LogP contribution in [0.15, 0.2) is 47.3 Å². The zero-order valence-corrected chi connectivity index (χ0v) is 27.9. The molecule has 20 heteroatoms. The first kappa shape index (κ1) is 44.5. The van der Waals surface area contributed by atoms with Gasteiger partial charge in [0.25, 0.3) is 5.56 Å². The van der Waals surface area contributed by atoms with Crippen LogP contribution >= 0.6 is 0 Å². The van der Waals surface area contributed by atoms with E-state index in [0.717, 1.165) is 14.0 Å². The van der Waals surface area contributed by atoms with Crippen molar-refractivity contribution in [2.75, 3.05) is 18.0 Å². The fraction of sp³-hybridized carbons (Fsp3) is 0.424. The van der Waals surface area contributed by atoms with Gasteiger partial charge in [-0.3, -0.25) is 14.4 Å². The number of carbonyl (C=O) groups is 2. The smallest absolute Gasteiger partial charge is 0.431 e. The average Bonchev–Trinajstić information content (AvgIpc) is 2.95. The fourth-order valence-corrected chi connectivity index (χ4v) is 5.13. The van der Waals surface area contributed by atoms with Crippen LogP contribution in [0.1, 0.15) is 59.1 Å². The van der Waals surface area contributed by atoms with E-state index in [4.69, 9.17) is 0 Å². The van der Waals surface area contributed by atoms with E-state index in [0.29, 0.717) is 5.56 Å². The molecule has 3 rings (SSSR count). The van der Waals surface area contributed by atoms with Crippen molar-refractivity contribution in [3.8, 4) is 0 Å². The molecule has 53 heavy (non-hydrogen) atoms. The summed E-state index contributed by atoms with van der Waals surface area (Å²) in [6.07, 6.45) is -20.7. The predicted molar refractivity (Wildman–Crippen MR) is 161 cm³/mol. The van der Waals surface area contributed by atoms with Gasteiger partial charge in [-0.25, -0.2) is 8.78 Å². The first-order chi connectivity index (χ1) is 23.9. The number of alkyl halides is 12. The number of pyridine rings is 1. The van der Waals surface area contributed by atoms with Crippen molar-refractivity contribution in [3.05, 3.63) is 98.0 Å². The summed E-state index contributed by atoms with van der Waals surface area (Å²) in [4.78, 5) is 34.5. The van der Waals surface area contributed by atoms with Crippen LogP contribution in [0.25, 0.3) is 0 Å². The Morgan fingerprint density at radius 3 is 1.68 bits per heavy atom. The second-order valence-corrected chi connectivity index (χ2v) is 12.1. The Kier molecular flexibility index (Phi) is 13.9. The van der Waals surface area contributed by atoms with E-state index in [1.54, 1.807) is 19.9 Å². The second-order valence-electron chi connectivity index (χ2n) is 12.1. The summed E-state index contributed by atoms with van der Waals surface area (Å²) in [7, 11) is 0.769. The number of aromatic nitrogens is 1. The van der Waals surface area contributed by atoms with Crippen LogP contribution < -0.4 is 10.5 Å². The van der Waals surface area contributed by atoms with Crippen LogP contribution in [0.5, 0.6) is 0 Å². The lowest BCUT2D eigenvalue weighted by Gasteiger charge is -2.27. The van der Waals surface area contributed by atoms with Crippen molar-refractivity contribution < 1.29 is 76.2 Å². The molecule has 2 aromatic carbocycles. The number of anilines is 1. The molecule has 294 valence electrons. The average molecular weight is 785 g/mol. The topological polar surface area (TPSA) is 79.6 Å². The van der Waals surface area contributed by atoms with Crippen molar-refractivity contribution in [1.29, 1.82) is 0 Å². The molecule has 0 saturated heterocycles. The first-order valence-corrected chi connectivity index (χ1v) is 15.0. The third-order valence-corrected chi connectivity index (χ3v) is 7.56. The summed E-state index contributed by atoms with van der Waals surface area (Å²) in [5, 5.41) is 9.33. The van der Waals surface area contributed by atoms with E-state index >= 15 is 0 Å². The molecule has 0 aliphatic rings. The molecule has 0 saturated carbocycles. The Morgan fingerprint density at radius 1 is 0.792 bits per heavy atom. The van der Waals surface area contributed by atoms with Crippen molar-refractivity contribution in [2.24, 2.45) is 18.9 Å². The maximum absolute atomic E-state index is 13.5. The van der Waals surface area contributed by atoms with E-state index in [1.165, 1.54) is 18.2 Å². The molecular weight excluding hydrogens is 754 g/mol. The van der Waals surface area contributed by atoms with Crippen molar-refractivity contribution in [1.82, 2.24) is 4.57 Å². The van der Waals surface area contributed by atoms with Crippen LogP contribution in [0.4, 0.5) is 67.2 Å². The zero-order valence-electron chi connectivity index (χ0n) is 27.9. The third-order valence-electron chi connectivity index (χ3n) is 7.56. The maximum atomic E-state index is 13.5. The molecule has 0 amide bonds. The number of carboxylic acids is 1. The number of carboxylic acid groups (broad SMARTS) is 1. The summed E-state index contributed by atoms with van der Waals surface area (Å²) in [6, 6.07) is 6.49. The van der Waals surface area contributed by atoms with Gasteiger partial charge in [-0.15, -0.1) is 0 Å². The van der Waals surface area contributed by atoms with Gasteiger partial charge in [0, 0.05) is 24.7 Å². The van der Waals surface area contributed by atoms with Crippen molar-refractivity contribution in [3.63, 3.8) is 0 Å². The van der Waals surface area contributed by atoms with Gasteiger partial charge < -0.3 is 14.6 Å². The van der Waals surface area contributed by atoms with Crippen LogP contribution in [0.3, 0.4) is 0 Å². The number of rotatable bonds is 10. The van der Waals surface area contributed by atoms with Crippen LogP contribution in [0.2, 0.25) is 0 Å². The van der Waals surface area contributed by atoms with Gasteiger partial charge >= 0.3 is 30.7 Å². The van der Waals surface area contributed by atoms with E-state index in [-0.39, 0.29) is 45.6 Å². The normalized spacial score (nSPS) is 13.0. The van der Waals surface area contributed by atoms with Gasteiger partial charge in [-0.1, -0.05) is 38.1 Å². The van der Waals surface area contributed by atoms with E-state index in [1.807, 2.05) is 0 Å². The van der Waals surface area contributed by atoms with Gasteiger partial charge in [0.05, 0.1) is 17.0 Å². The predicted octanol–water partition coefficient (Wildman–Crippen LogP) is 9.01. The van der Waals surface area contributed by atoms with E-state index < -0.39 is 107 Å². The molecule has 1 N–H and O–H groups in total. The Labute approximate surface area is 291 Å². The van der Waals surface area contributed by atoms with E-state index in [2.05, 4.69) is 0 Å². The highest BCUT2D eigenvalue weighted by atomic mass is 19.4. The number of carbonyl (C=O) groups excluding carboxylic acids is 1. The molecule has 3 aromatic rings. The quantitative estimate of drug-likeness (QED) is 0.164. The number of Topliss-reactive ketones (excluding diaryl/α,β-unsaturated/α-hetero) is 1. The molecule has 0 radical (unpaired) electrons. The Hall–Kier alpha value is -4.65. The Bertz CT molecular complexity index is 1800. The monoisotopic (exact) mass is 784 g/mol. The minimum absolute atomic E-state index is 0.0557. The van der Waals surface area contributed by atoms with Crippen molar-refractivity contribution in [2.45, 2.75) is 58.3 Å². The molecule has 1 aromatic heterocycles. The van der Waals surface area contributed by atoms with Crippen LogP contribution in [-0.2, 0) is 37.0 Å². The number of hydrogen-bond donors (Lipinski definition) is 1. The number of halogens is 14. The van der Waals surface area contributed by atoms with Gasteiger partial charge in [0.1, 0.15) is 30.4 Å². The number of aliphatic carboxylic acids is 1. The highest BCUT2D eigenvalue weighted by molar-refractivity contribution is 5.95. The van der Waals surface area contributed by atoms with Crippen molar-refractivity contribution >= 4 is 17.4 Å². The molecule has 1 unspecified atom stereocenters. The fourth-order valence-electron chi connectivity index (χ4n) is 5.13. The maximum Gasteiger partial charge on any atom is 0.431 e. The van der Waals surface area contributed by atoms with Gasteiger partial charge in [0.15, 0.2) is 5.78 Å². The molecule has 0 fully saturated rings. The standard InChI is InChI=1S/C21H21F6NO3.C12H9F8NO/c1-11(2)14(19(30)31)8-12-5-4-6-13(7-12)9-15-16(20(22,23)24)10-17(21(25,26)27)28(3)18(15)29;1-6(22)10-8(13)2-7(3-9(10)14)21(4-11(15,16)17)5-12(18,19)20/h4-7,10-11,14H,8-9H2,1-3H3,(H,30,31);2-3H,4-5H2,1H3. The summed E-state index contributed by atoms with van der Waals surface area (Å²) in [5.41, 5.74) is -6.72. The lowest BCUT2D eigenvalue weighted by Crippen LogP contribution is -2.40. The lowest BCUT2D eigenvalue weighted by molar-refractivity contribution is -0.148. The highest BCUT2D eigenvalue weighted by Gasteiger charge is 2.41. The molecule has 6 nitrogen and oxygen atoms in total. The van der Waals surface area contributed by atoms with Gasteiger partial charge in [0.2, 0.25) is 0 Å². The highest BCUT2D eigenvalue weighted by Crippen LogP contribution is 2.37. The number of ketones is 1. The summed E-state index contributed by atoms with van der Waals surface area (Å²) < 4.78 is 181. The minimum Gasteiger partial charge on any atom is -0.481 e. The first-order valence-electron chi connectivity index (χ1n) is 15.0. The second kappa shape index (κ2) is 16.6. The zero-order chi connectivity index (χ0) is 41.0. The summed E-state index contributed by atoms with van der Waals surface area (Å²) >= 11 is 0. The number of hydrogen-bond acceptors (Lipinski definition) is 4. The van der Waals surface area contributed by atoms with Crippen LogP contribution in [-0.4, -0.2) is 46.9 Å². The molecular formula is C33H30F14N2O4. The largest absolute Gasteiger partial charge is 0.481 e.